The summed E-state index contributed by atoms with van der Waals surface area (Å²) in [5, 5.41) is 0.753. The van der Waals surface area contributed by atoms with Crippen molar-refractivity contribution in [1.29, 1.82) is 0 Å². The normalized spacial score (nSPS) is 12.4. The van der Waals surface area contributed by atoms with Crippen LogP contribution in [-0.2, 0) is 5.75 Å². The van der Waals surface area contributed by atoms with Crippen molar-refractivity contribution in [2.45, 2.75) is 23.6 Å². The van der Waals surface area contributed by atoms with Crippen LogP contribution >= 0.6 is 23.4 Å². The molecule has 0 radical (unpaired) electrons. The van der Waals surface area contributed by atoms with Crippen molar-refractivity contribution in [2.75, 3.05) is 0 Å². The molecule has 0 amide bonds. The first kappa shape index (κ1) is 13.5. The SMILES string of the molecule is CC(N)c1ccc(SCc2ccccc2)cc1Cl. The second kappa shape index (κ2) is 6.28. The summed E-state index contributed by atoms with van der Waals surface area (Å²) >= 11 is 8.00. The van der Waals surface area contributed by atoms with Crippen molar-refractivity contribution in [1.82, 2.24) is 0 Å². The number of hydrogen-bond donors (Lipinski definition) is 1. The number of halogens is 1. The first-order chi connectivity index (χ1) is 8.66. The number of hydrogen-bond acceptors (Lipinski definition) is 2. The maximum atomic E-state index is 6.21. The molecule has 0 fully saturated rings. The lowest BCUT2D eigenvalue weighted by molar-refractivity contribution is 0.817. The number of benzene rings is 2. The zero-order valence-corrected chi connectivity index (χ0v) is 11.8. The Balaban J connectivity index is 2.05. The Labute approximate surface area is 117 Å². The van der Waals surface area contributed by atoms with Crippen LogP contribution in [0.4, 0.5) is 0 Å². The van der Waals surface area contributed by atoms with E-state index >= 15 is 0 Å². The molecular formula is C15H16ClNS. The highest BCUT2D eigenvalue weighted by Crippen LogP contribution is 2.29. The third kappa shape index (κ3) is 3.52. The summed E-state index contributed by atoms with van der Waals surface area (Å²) in [4.78, 5) is 1.17. The number of thioether (sulfide) groups is 1. The van der Waals surface area contributed by atoms with Crippen LogP contribution in [0.15, 0.2) is 53.4 Å². The van der Waals surface area contributed by atoms with Gasteiger partial charge in [-0.2, -0.15) is 0 Å². The van der Waals surface area contributed by atoms with E-state index in [0.29, 0.717) is 0 Å². The Morgan fingerprint density at radius 3 is 2.50 bits per heavy atom. The van der Waals surface area contributed by atoms with Crippen LogP contribution in [0, 0.1) is 0 Å². The van der Waals surface area contributed by atoms with E-state index < -0.39 is 0 Å². The molecule has 18 heavy (non-hydrogen) atoms. The van der Waals surface area contributed by atoms with Crippen LogP contribution in [0.2, 0.25) is 5.02 Å². The predicted molar refractivity (Wildman–Crippen MR) is 80.1 cm³/mol. The lowest BCUT2D eigenvalue weighted by Gasteiger charge is -2.10. The number of rotatable bonds is 4. The molecule has 0 aliphatic carbocycles. The molecule has 0 aromatic heterocycles. The highest BCUT2D eigenvalue weighted by molar-refractivity contribution is 7.98. The summed E-state index contributed by atoms with van der Waals surface area (Å²) in [5.41, 5.74) is 8.15. The lowest BCUT2D eigenvalue weighted by atomic mass is 10.1. The van der Waals surface area contributed by atoms with Crippen LogP contribution in [0.5, 0.6) is 0 Å². The van der Waals surface area contributed by atoms with Gasteiger partial charge in [-0.1, -0.05) is 48.0 Å². The van der Waals surface area contributed by atoms with Crippen LogP contribution in [0.1, 0.15) is 24.1 Å². The predicted octanol–water partition coefficient (Wildman–Crippen LogP) is 4.65. The average molecular weight is 278 g/mol. The van der Waals surface area contributed by atoms with Gasteiger partial charge in [-0.25, -0.2) is 0 Å². The van der Waals surface area contributed by atoms with Gasteiger partial charge in [0, 0.05) is 21.7 Å². The molecule has 1 atom stereocenters. The molecule has 2 aromatic carbocycles. The van der Waals surface area contributed by atoms with Crippen molar-refractivity contribution in [2.24, 2.45) is 5.73 Å². The van der Waals surface area contributed by atoms with Gasteiger partial charge in [0.05, 0.1) is 0 Å². The molecule has 0 saturated heterocycles. The minimum absolute atomic E-state index is 0.0225. The van der Waals surface area contributed by atoms with E-state index in [-0.39, 0.29) is 6.04 Å². The minimum Gasteiger partial charge on any atom is -0.324 e. The quantitative estimate of drug-likeness (QED) is 0.823. The lowest BCUT2D eigenvalue weighted by Crippen LogP contribution is -2.05. The molecule has 2 aromatic rings. The fraction of sp³-hybridized carbons (Fsp3) is 0.200. The molecule has 1 nitrogen and oxygen atoms in total. The molecule has 94 valence electrons. The smallest absolute Gasteiger partial charge is 0.0464 e. The highest BCUT2D eigenvalue weighted by atomic mass is 35.5. The summed E-state index contributed by atoms with van der Waals surface area (Å²) in [6, 6.07) is 16.5. The summed E-state index contributed by atoms with van der Waals surface area (Å²) in [5.74, 6) is 0.953. The van der Waals surface area contributed by atoms with Gasteiger partial charge in [-0.3, -0.25) is 0 Å². The topological polar surface area (TPSA) is 26.0 Å². The second-order valence-electron chi connectivity index (χ2n) is 4.25. The monoisotopic (exact) mass is 277 g/mol. The van der Waals surface area contributed by atoms with Gasteiger partial charge in [-0.05, 0) is 30.2 Å². The van der Waals surface area contributed by atoms with Crippen LogP contribution in [0.25, 0.3) is 0 Å². The van der Waals surface area contributed by atoms with E-state index in [2.05, 4.69) is 30.3 Å². The Bertz CT molecular complexity index is 511. The largest absolute Gasteiger partial charge is 0.324 e. The maximum absolute atomic E-state index is 6.21. The Hall–Kier alpha value is -0.960. The van der Waals surface area contributed by atoms with Crippen molar-refractivity contribution < 1.29 is 0 Å². The van der Waals surface area contributed by atoms with Crippen LogP contribution in [0.3, 0.4) is 0 Å². The molecule has 0 spiro atoms. The zero-order chi connectivity index (χ0) is 13.0. The summed E-state index contributed by atoms with van der Waals surface area (Å²) in [7, 11) is 0. The minimum atomic E-state index is -0.0225. The average Bonchev–Trinajstić information content (AvgIpc) is 2.37. The molecule has 0 aliphatic heterocycles. The number of nitrogens with two attached hydrogens (primary N) is 1. The highest BCUT2D eigenvalue weighted by Gasteiger charge is 2.06. The molecule has 2 rings (SSSR count). The van der Waals surface area contributed by atoms with Crippen molar-refractivity contribution >= 4 is 23.4 Å². The first-order valence-corrected chi connectivity index (χ1v) is 7.25. The van der Waals surface area contributed by atoms with Crippen molar-refractivity contribution in [3.05, 3.63) is 64.7 Å². The standard InChI is InChI=1S/C15H16ClNS/c1-11(17)14-8-7-13(9-15(14)16)18-10-12-5-3-2-4-6-12/h2-9,11H,10,17H2,1H3. The molecule has 3 heteroatoms. The fourth-order valence-corrected chi connectivity index (χ4v) is 3.02. The summed E-state index contributed by atoms with van der Waals surface area (Å²) in [6.07, 6.45) is 0. The zero-order valence-electron chi connectivity index (χ0n) is 10.3. The van der Waals surface area contributed by atoms with Gasteiger partial charge in [0.15, 0.2) is 0 Å². The summed E-state index contributed by atoms with van der Waals surface area (Å²) < 4.78 is 0. The third-order valence-corrected chi connectivity index (χ3v) is 4.10. The Morgan fingerprint density at radius 1 is 1.17 bits per heavy atom. The molecule has 0 bridgehead atoms. The Kier molecular flexibility index (Phi) is 4.70. The van der Waals surface area contributed by atoms with Crippen LogP contribution < -0.4 is 5.73 Å². The van der Waals surface area contributed by atoms with Gasteiger partial charge < -0.3 is 5.73 Å². The molecule has 0 saturated carbocycles. The molecule has 1 unspecified atom stereocenters. The Morgan fingerprint density at radius 2 is 1.89 bits per heavy atom. The van der Waals surface area contributed by atoms with E-state index in [9.17, 15) is 0 Å². The first-order valence-electron chi connectivity index (χ1n) is 5.88. The van der Waals surface area contributed by atoms with Gasteiger partial charge in [0.1, 0.15) is 0 Å². The van der Waals surface area contributed by atoms with Gasteiger partial charge >= 0.3 is 0 Å². The van der Waals surface area contributed by atoms with E-state index in [0.717, 1.165) is 16.3 Å². The van der Waals surface area contributed by atoms with Gasteiger partial charge in [-0.15, -0.1) is 11.8 Å². The van der Waals surface area contributed by atoms with Crippen molar-refractivity contribution in [3.63, 3.8) is 0 Å². The van der Waals surface area contributed by atoms with Crippen molar-refractivity contribution in [3.8, 4) is 0 Å². The van der Waals surface area contributed by atoms with E-state index in [1.54, 1.807) is 11.8 Å². The second-order valence-corrected chi connectivity index (χ2v) is 5.70. The fourth-order valence-electron chi connectivity index (χ4n) is 1.71. The summed E-state index contributed by atoms with van der Waals surface area (Å²) in [6.45, 7) is 1.94. The van der Waals surface area contributed by atoms with E-state index in [4.69, 9.17) is 17.3 Å². The van der Waals surface area contributed by atoms with Gasteiger partial charge in [0.25, 0.3) is 0 Å². The molecular weight excluding hydrogens is 262 g/mol. The molecule has 0 heterocycles. The van der Waals surface area contributed by atoms with E-state index in [1.807, 2.05) is 25.1 Å². The maximum Gasteiger partial charge on any atom is 0.0464 e. The third-order valence-electron chi connectivity index (χ3n) is 2.71. The van der Waals surface area contributed by atoms with Crippen LogP contribution in [-0.4, -0.2) is 0 Å². The van der Waals surface area contributed by atoms with Gasteiger partial charge in [0.2, 0.25) is 0 Å². The molecule has 2 N–H and O–H groups in total. The molecule has 0 aliphatic rings. The van der Waals surface area contributed by atoms with E-state index in [1.165, 1.54) is 10.5 Å².